The lowest BCUT2D eigenvalue weighted by atomic mass is 9.70. The Morgan fingerprint density at radius 1 is 0.944 bits per heavy atom. The van der Waals surface area contributed by atoms with Crippen molar-refractivity contribution in [1.82, 2.24) is 0 Å². The highest BCUT2D eigenvalue weighted by Crippen LogP contribution is 2.58. The first-order chi connectivity index (χ1) is 8.83. The number of nitrogens with zero attached hydrogens (tertiary/aromatic N) is 1. The van der Waals surface area contributed by atoms with E-state index in [-0.39, 0.29) is 0 Å². The van der Waals surface area contributed by atoms with Crippen LogP contribution in [0.4, 0.5) is 0 Å². The van der Waals surface area contributed by atoms with E-state index in [9.17, 15) is 0 Å². The normalized spacial score (nSPS) is 38.1. The van der Waals surface area contributed by atoms with Gasteiger partial charge in [-0.25, -0.2) is 0 Å². The van der Waals surface area contributed by atoms with Gasteiger partial charge in [0.2, 0.25) is 0 Å². The Bertz CT molecular complexity index is 488. The van der Waals surface area contributed by atoms with Gasteiger partial charge in [-0.15, -0.1) is 0 Å². The van der Waals surface area contributed by atoms with E-state index in [4.69, 9.17) is 0 Å². The summed E-state index contributed by atoms with van der Waals surface area (Å²) < 4.78 is 2.36. The van der Waals surface area contributed by atoms with E-state index < -0.39 is 0 Å². The molecule has 1 aromatic rings. The monoisotopic (exact) mass is 240 g/mol. The van der Waals surface area contributed by atoms with Crippen molar-refractivity contribution < 1.29 is 4.57 Å². The highest BCUT2D eigenvalue weighted by atomic mass is 15.0. The predicted octanol–water partition coefficient (Wildman–Crippen LogP) is 3.66. The summed E-state index contributed by atoms with van der Waals surface area (Å²) in [6.07, 6.45) is 11.7. The van der Waals surface area contributed by atoms with Crippen molar-refractivity contribution in [3.63, 3.8) is 0 Å². The highest BCUT2D eigenvalue weighted by Gasteiger charge is 2.50. The molecular weight excluding hydrogens is 218 g/mol. The summed E-state index contributed by atoms with van der Waals surface area (Å²) in [5.74, 6) is 4.14. The van der Waals surface area contributed by atoms with Crippen LogP contribution in [0.25, 0.3) is 5.70 Å². The van der Waals surface area contributed by atoms with Crippen LogP contribution < -0.4 is 4.57 Å². The lowest BCUT2D eigenvalue weighted by Crippen LogP contribution is -2.38. The second kappa shape index (κ2) is 3.94. The molecule has 0 spiro atoms. The average molecular weight is 240 g/mol. The third kappa shape index (κ3) is 1.49. The fraction of sp³-hybridized carbons (Fsp3) is 0.588. The van der Waals surface area contributed by atoms with Crippen molar-refractivity contribution in [2.24, 2.45) is 23.7 Å². The fourth-order valence-corrected chi connectivity index (χ4v) is 4.94. The van der Waals surface area contributed by atoms with Gasteiger partial charge in [0.15, 0.2) is 18.1 Å². The van der Waals surface area contributed by atoms with Gasteiger partial charge in [-0.2, -0.15) is 4.57 Å². The van der Waals surface area contributed by atoms with Gasteiger partial charge in [-0.05, 0) is 61.9 Å². The molecule has 0 radical (unpaired) electrons. The maximum Gasteiger partial charge on any atom is 0.186 e. The van der Waals surface area contributed by atoms with Crippen molar-refractivity contribution >= 4 is 5.70 Å². The minimum Gasteiger partial charge on any atom is -0.171 e. The van der Waals surface area contributed by atoms with E-state index in [2.05, 4.69) is 42.1 Å². The molecule has 0 saturated heterocycles. The third-order valence-electron chi connectivity index (χ3n) is 5.77. The molecule has 2 saturated carbocycles. The zero-order valence-corrected chi connectivity index (χ0v) is 11.2. The molecule has 1 heteroatoms. The van der Waals surface area contributed by atoms with E-state index in [1.54, 1.807) is 11.3 Å². The van der Waals surface area contributed by atoms with Crippen molar-refractivity contribution in [3.05, 3.63) is 36.2 Å². The van der Waals surface area contributed by atoms with E-state index in [1.165, 1.54) is 32.1 Å². The molecule has 18 heavy (non-hydrogen) atoms. The van der Waals surface area contributed by atoms with Crippen LogP contribution in [0.3, 0.4) is 0 Å². The molecule has 4 atom stereocenters. The molecule has 1 heterocycles. The Labute approximate surface area is 110 Å². The third-order valence-corrected chi connectivity index (χ3v) is 5.77. The van der Waals surface area contributed by atoms with Gasteiger partial charge >= 0.3 is 0 Å². The van der Waals surface area contributed by atoms with Gasteiger partial charge in [0.25, 0.3) is 0 Å². The maximum atomic E-state index is 2.36. The van der Waals surface area contributed by atoms with Gasteiger partial charge in [0.05, 0.1) is 0 Å². The van der Waals surface area contributed by atoms with Crippen LogP contribution >= 0.6 is 0 Å². The number of pyridine rings is 1. The zero-order valence-electron chi connectivity index (χ0n) is 11.2. The predicted molar refractivity (Wildman–Crippen MR) is 72.6 cm³/mol. The second-order valence-corrected chi connectivity index (χ2v) is 6.58. The molecule has 1 aromatic heterocycles. The molecule has 3 aliphatic rings. The Balaban J connectivity index is 1.69. The minimum absolute atomic E-state index is 0.996. The van der Waals surface area contributed by atoms with E-state index in [0.29, 0.717) is 0 Å². The van der Waals surface area contributed by atoms with Gasteiger partial charge in [-0.3, -0.25) is 0 Å². The van der Waals surface area contributed by atoms with Crippen molar-refractivity contribution in [1.29, 1.82) is 0 Å². The number of fused-ring (bicyclic) bond motifs is 5. The lowest BCUT2D eigenvalue weighted by molar-refractivity contribution is -0.585. The SMILES string of the molecule is CC1=C([n+]2ccccc2)CC2C(C1)[C@H]1CC[C@@H]2C1. The Kier molecular flexibility index (Phi) is 2.36. The summed E-state index contributed by atoms with van der Waals surface area (Å²) in [5, 5.41) is 0. The molecule has 2 bridgehead atoms. The van der Waals surface area contributed by atoms with E-state index >= 15 is 0 Å². The van der Waals surface area contributed by atoms with Crippen LogP contribution in [0.2, 0.25) is 0 Å². The molecule has 0 aromatic carbocycles. The maximum absolute atomic E-state index is 2.36. The largest absolute Gasteiger partial charge is 0.186 e. The van der Waals surface area contributed by atoms with Gasteiger partial charge < -0.3 is 0 Å². The molecule has 2 fully saturated rings. The lowest BCUT2D eigenvalue weighted by Gasteiger charge is -2.34. The molecule has 94 valence electrons. The first kappa shape index (κ1) is 10.8. The topological polar surface area (TPSA) is 3.88 Å². The van der Waals surface area contributed by atoms with Crippen molar-refractivity contribution in [2.75, 3.05) is 0 Å². The molecule has 0 amide bonds. The Morgan fingerprint density at radius 3 is 2.33 bits per heavy atom. The molecular formula is C17H22N+. The number of hydrogen-bond donors (Lipinski definition) is 0. The average Bonchev–Trinajstić information content (AvgIpc) is 3.00. The minimum atomic E-state index is 0.996. The smallest absolute Gasteiger partial charge is 0.171 e. The molecule has 4 rings (SSSR count). The standard InChI is InChI=1S/C17H22N/c1-12-9-15-13-5-6-14(10-13)16(15)11-17(12)18-7-3-2-4-8-18/h2-4,7-8,13-16H,5-6,9-11H2,1H3/q+1/t13-,14+,15?,16?/m0/s1. The summed E-state index contributed by atoms with van der Waals surface area (Å²) in [4.78, 5) is 0. The number of hydrogen-bond acceptors (Lipinski definition) is 0. The van der Waals surface area contributed by atoms with Crippen LogP contribution in [0.5, 0.6) is 0 Å². The van der Waals surface area contributed by atoms with Crippen molar-refractivity contribution in [3.8, 4) is 0 Å². The quantitative estimate of drug-likeness (QED) is 0.660. The summed E-state index contributed by atoms with van der Waals surface area (Å²) in [6.45, 7) is 2.36. The fourth-order valence-electron chi connectivity index (χ4n) is 4.94. The van der Waals surface area contributed by atoms with Crippen molar-refractivity contribution in [2.45, 2.75) is 39.0 Å². The Hall–Kier alpha value is -1.11. The molecule has 0 N–H and O–H groups in total. The Morgan fingerprint density at radius 2 is 1.61 bits per heavy atom. The summed E-state index contributed by atoms with van der Waals surface area (Å²) in [5.41, 5.74) is 3.23. The number of aromatic nitrogens is 1. The van der Waals surface area contributed by atoms with Crippen LogP contribution in [0.15, 0.2) is 36.2 Å². The summed E-state index contributed by atoms with van der Waals surface area (Å²) >= 11 is 0. The number of allylic oxidation sites excluding steroid dienone is 2. The first-order valence-corrected chi connectivity index (χ1v) is 7.48. The second-order valence-electron chi connectivity index (χ2n) is 6.58. The van der Waals surface area contributed by atoms with E-state index in [1.807, 2.05) is 0 Å². The first-order valence-electron chi connectivity index (χ1n) is 7.48. The van der Waals surface area contributed by atoms with Crippen LogP contribution in [0, 0.1) is 23.7 Å². The van der Waals surface area contributed by atoms with Crippen LogP contribution in [-0.2, 0) is 0 Å². The van der Waals surface area contributed by atoms with Crippen LogP contribution in [-0.4, -0.2) is 0 Å². The van der Waals surface area contributed by atoms with Gasteiger partial charge in [0, 0.05) is 18.6 Å². The molecule has 2 unspecified atom stereocenters. The number of rotatable bonds is 1. The molecule has 1 nitrogen and oxygen atoms in total. The highest BCUT2D eigenvalue weighted by molar-refractivity contribution is 5.43. The summed E-state index contributed by atoms with van der Waals surface area (Å²) in [7, 11) is 0. The van der Waals surface area contributed by atoms with E-state index in [0.717, 1.165) is 23.7 Å². The zero-order chi connectivity index (χ0) is 12.1. The van der Waals surface area contributed by atoms with Crippen LogP contribution in [0.1, 0.15) is 39.0 Å². The summed E-state index contributed by atoms with van der Waals surface area (Å²) in [6, 6.07) is 6.40. The molecule has 0 aliphatic heterocycles. The molecule has 3 aliphatic carbocycles. The van der Waals surface area contributed by atoms with Gasteiger partial charge in [0.1, 0.15) is 0 Å². The van der Waals surface area contributed by atoms with Gasteiger partial charge in [-0.1, -0.05) is 6.07 Å².